The lowest BCUT2D eigenvalue weighted by Crippen LogP contribution is -2.14. The molecule has 1 N–H and O–H groups in total. The van der Waals surface area contributed by atoms with Crippen LogP contribution in [0, 0.1) is 0 Å². The zero-order chi connectivity index (χ0) is 19.9. The van der Waals surface area contributed by atoms with Crippen LogP contribution >= 0.6 is 11.8 Å². The second-order valence-electron chi connectivity index (χ2n) is 5.53. The Morgan fingerprint density at radius 3 is 2.61 bits per heavy atom. The third kappa shape index (κ3) is 5.14. The van der Waals surface area contributed by atoms with E-state index in [-0.39, 0.29) is 16.7 Å². The Morgan fingerprint density at radius 2 is 1.93 bits per heavy atom. The molecule has 0 unspecified atom stereocenters. The summed E-state index contributed by atoms with van der Waals surface area (Å²) in [6.07, 6.45) is 1.51. The summed E-state index contributed by atoms with van der Waals surface area (Å²) in [6, 6.07) is 13.9. The first-order valence-corrected chi connectivity index (χ1v) is 9.23. The Balaban J connectivity index is 1.71. The molecule has 0 atom stereocenters. The lowest BCUT2D eigenvalue weighted by atomic mass is 10.2. The molecule has 0 fully saturated rings. The molecule has 8 heteroatoms. The minimum Gasteiger partial charge on any atom is -0.482 e. The molecule has 0 saturated carbocycles. The van der Waals surface area contributed by atoms with Gasteiger partial charge in [0.15, 0.2) is 12.2 Å². The summed E-state index contributed by atoms with van der Waals surface area (Å²) in [6.45, 7) is 1.83. The Hall–Kier alpha value is -3.26. The predicted molar refractivity (Wildman–Crippen MR) is 104 cm³/mol. The van der Waals surface area contributed by atoms with Gasteiger partial charge in [-0.25, -0.2) is 14.6 Å². The molecule has 2 aromatic carbocycles. The van der Waals surface area contributed by atoms with Crippen LogP contribution in [0.2, 0.25) is 0 Å². The summed E-state index contributed by atoms with van der Waals surface area (Å²) >= 11 is 0.933. The van der Waals surface area contributed by atoms with Gasteiger partial charge in [-0.15, -0.1) is 0 Å². The smallest absolute Gasteiger partial charge is 0.344 e. The normalized spacial score (nSPS) is 11.4. The van der Waals surface area contributed by atoms with Crippen molar-refractivity contribution in [1.82, 2.24) is 4.98 Å². The number of carbonyl (C=O) groups excluding carboxylic acids is 1. The van der Waals surface area contributed by atoms with Crippen LogP contribution < -0.4 is 4.74 Å². The second kappa shape index (κ2) is 9.09. The van der Waals surface area contributed by atoms with Crippen LogP contribution in [-0.4, -0.2) is 35.2 Å². The molecule has 3 rings (SSSR count). The standard InChI is InChI=1S/C20H17NO6S/c1-2-25-18(22)12-26-14-9-7-13(8-10-14)11-17(19(23)24)28-20-21-15-5-3-4-6-16(15)27-20/h3-11H,2,12H2,1H3,(H,23,24)/b17-11+. The molecular weight excluding hydrogens is 382 g/mol. The summed E-state index contributed by atoms with van der Waals surface area (Å²) in [5.74, 6) is -1.06. The maximum Gasteiger partial charge on any atom is 0.344 e. The van der Waals surface area contributed by atoms with Crippen LogP contribution in [-0.2, 0) is 14.3 Å². The predicted octanol–water partition coefficient (Wildman–Crippen LogP) is 3.99. The Labute approximate surface area is 165 Å². The number of carbonyl (C=O) groups is 2. The number of aliphatic carboxylic acids is 1. The van der Waals surface area contributed by atoms with E-state index in [1.807, 2.05) is 12.1 Å². The minimum absolute atomic E-state index is 0.0618. The first-order chi connectivity index (χ1) is 13.5. The van der Waals surface area contributed by atoms with Crippen LogP contribution in [0.4, 0.5) is 0 Å². The number of carboxylic acid groups (broad SMARTS) is 1. The molecule has 7 nitrogen and oxygen atoms in total. The van der Waals surface area contributed by atoms with Gasteiger partial charge in [0.2, 0.25) is 0 Å². The molecule has 0 aliphatic carbocycles. The van der Waals surface area contributed by atoms with E-state index in [2.05, 4.69) is 4.98 Å². The topological polar surface area (TPSA) is 98.9 Å². The van der Waals surface area contributed by atoms with Gasteiger partial charge in [-0.3, -0.25) is 0 Å². The average Bonchev–Trinajstić information content (AvgIpc) is 3.09. The van der Waals surface area contributed by atoms with Gasteiger partial charge in [-0.05, 0) is 54.6 Å². The molecule has 0 bridgehead atoms. The Morgan fingerprint density at radius 1 is 1.18 bits per heavy atom. The first-order valence-electron chi connectivity index (χ1n) is 8.42. The van der Waals surface area contributed by atoms with Gasteiger partial charge < -0.3 is 19.0 Å². The highest BCUT2D eigenvalue weighted by Gasteiger charge is 2.15. The van der Waals surface area contributed by atoms with Gasteiger partial charge in [-0.1, -0.05) is 24.3 Å². The van der Waals surface area contributed by atoms with Gasteiger partial charge in [-0.2, -0.15) is 0 Å². The summed E-state index contributed by atoms with van der Waals surface area (Å²) in [5, 5.41) is 9.74. The number of aromatic nitrogens is 1. The largest absolute Gasteiger partial charge is 0.482 e. The lowest BCUT2D eigenvalue weighted by molar-refractivity contribution is -0.145. The van der Waals surface area contributed by atoms with Gasteiger partial charge in [0.25, 0.3) is 5.22 Å². The van der Waals surface area contributed by atoms with Crippen molar-refractivity contribution in [2.24, 2.45) is 0 Å². The summed E-state index contributed by atoms with van der Waals surface area (Å²) < 4.78 is 15.7. The fourth-order valence-electron chi connectivity index (χ4n) is 2.28. The van der Waals surface area contributed by atoms with E-state index in [1.165, 1.54) is 6.08 Å². The molecule has 0 amide bonds. The lowest BCUT2D eigenvalue weighted by Gasteiger charge is -2.06. The molecule has 3 aromatic rings. The van der Waals surface area contributed by atoms with E-state index in [0.29, 0.717) is 29.0 Å². The van der Waals surface area contributed by atoms with E-state index in [9.17, 15) is 14.7 Å². The highest BCUT2D eigenvalue weighted by atomic mass is 32.2. The quantitative estimate of drug-likeness (QED) is 0.345. The van der Waals surface area contributed by atoms with Crippen molar-refractivity contribution < 1.29 is 28.6 Å². The van der Waals surface area contributed by atoms with Gasteiger partial charge in [0.1, 0.15) is 16.2 Å². The SMILES string of the molecule is CCOC(=O)COc1ccc(/C=C(/Sc2nc3ccccc3o2)C(=O)O)cc1. The summed E-state index contributed by atoms with van der Waals surface area (Å²) in [4.78, 5) is 27.2. The maximum absolute atomic E-state index is 11.6. The van der Waals surface area contributed by atoms with E-state index in [4.69, 9.17) is 13.9 Å². The average molecular weight is 399 g/mol. The highest BCUT2D eigenvalue weighted by molar-refractivity contribution is 8.03. The first kappa shape index (κ1) is 19.5. The molecule has 144 valence electrons. The number of ether oxygens (including phenoxy) is 2. The summed E-state index contributed by atoms with van der Waals surface area (Å²) in [5.41, 5.74) is 1.92. The zero-order valence-electron chi connectivity index (χ0n) is 15.0. The Bertz CT molecular complexity index is 976. The van der Waals surface area contributed by atoms with E-state index >= 15 is 0 Å². The maximum atomic E-state index is 11.6. The van der Waals surface area contributed by atoms with Crippen LogP contribution in [0.1, 0.15) is 12.5 Å². The van der Waals surface area contributed by atoms with Crippen LogP contribution in [0.15, 0.2) is 63.1 Å². The van der Waals surface area contributed by atoms with Gasteiger partial charge >= 0.3 is 11.9 Å². The van der Waals surface area contributed by atoms with Crippen LogP contribution in [0.5, 0.6) is 5.75 Å². The van der Waals surface area contributed by atoms with E-state index in [1.54, 1.807) is 43.3 Å². The molecule has 0 radical (unpaired) electrons. The van der Waals surface area contributed by atoms with Crippen molar-refractivity contribution >= 4 is 40.9 Å². The number of thioether (sulfide) groups is 1. The minimum atomic E-state index is -1.09. The molecular formula is C20H17NO6S. The molecule has 1 heterocycles. The van der Waals surface area contributed by atoms with Crippen molar-refractivity contribution in [2.45, 2.75) is 12.1 Å². The monoisotopic (exact) mass is 399 g/mol. The van der Waals surface area contributed by atoms with E-state index < -0.39 is 11.9 Å². The van der Waals surface area contributed by atoms with Crippen molar-refractivity contribution in [2.75, 3.05) is 13.2 Å². The molecule has 0 aliphatic heterocycles. The van der Waals surface area contributed by atoms with Crippen molar-refractivity contribution in [1.29, 1.82) is 0 Å². The van der Waals surface area contributed by atoms with E-state index in [0.717, 1.165) is 11.8 Å². The number of para-hydroxylation sites is 2. The number of benzene rings is 2. The number of hydrogen-bond donors (Lipinski definition) is 1. The second-order valence-corrected chi connectivity index (χ2v) is 6.52. The number of hydrogen-bond acceptors (Lipinski definition) is 7. The summed E-state index contributed by atoms with van der Waals surface area (Å²) in [7, 11) is 0. The third-order valence-corrected chi connectivity index (χ3v) is 4.38. The van der Waals surface area contributed by atoms with Crippen molar-refractivity contribution in [3.05, 3.63) is 59.0 Å². The van der Waals surface area contributed by atoms with Gasteiger partial charge in [0.05, 0.1) is 6.61 Å². The Kier molecular flexibility index (Phi) is 6.33. The van der Waals surface area contributed by atoms with Crippen molar-refractivity contribution in [3.8, 4) is 5.75 Å². The number of nitrogens with zero attached hydrogens (tertiary/aromatic N) is 1. The molecule has 0 saturated heterocycles. The van der Waals surface area contributed by atoms with Crippen LogP contribution in [0.25, 0.3) is 17.2 Å². The highest BCUT2D eigenvalue weighted by Crippen LogP contribution is 2.30. The number of carboxylic acids is 1. The number of oxazole rings is 1. The molecule has 0 aliphatic rings. The fourth-order valence-corrected chi connectivity index (χ4v) is 3.03. The number of rotatable bonds is 8. The van der Waals surface area contributed by atoms with Crippen LogP contribution in [0.3, 0.4) is 0 Å². The fraction of sp³-hybridized carbons (Fsp3) is 0.150. The molecule has 1 aromatic heterocycles. The van der Waals surface area contributed by atoms with Crippen molar-refractivity contribution in [3.63, 3.8) is 0 Å². The molecule has 0 spiro atoms. The number of fused-ring (bicyclic) bond motifs is 1. The molecule has 28 heavy (non-hydrogen) atoms. The number of esters is 1. The third-order valence-electron chi connectivity index (χ3n) is 3.52. The zero-order valence-corrected chi connectivity index (χ0v) is 15.8. The van der Waals surface area contributed by atoms with Gasteiger partial charge in [0, 0.05) is 0 Å².